The molecule has 0 N–H and O–H groups in total. The van der Waals surface area contributed by atoms with Gasteiger partial charge in [-0.05, 0) is 50.7 Å². The third kappa shape index (κ3) is 4.13. The molecular formula is C14H20Cl2N2. The molecule has 0 atom stereocenters. The number of likely N-dealkylation sites (N-methyl/N-ethyl adjacent to an activating group) is 1. The first-order valence-electron chi connectivity index (χ1n) is 6.50. The van der Waals surface area contributed by atoms with E-state index in [-0.39, 0.29) is 0 Å². The largest absolute Gasteiger partial charge is 0.302 e. The van der Waals surface area contributed by atoms with Crippen LogP contribution in [0, 0.1) is 0 Å². The highest BCUT2D eigenvalue weighted by molar-refractivity contribution is 6.42. The summed E-state index contributed by atoms with van der Waals surface area (Å²) < 4.78 is 0. The Balaban J connectivity index is 1.78. The Morgan fingerprint density at radius 2 is 1.89 bits per heavy atom. The van der Waals surface area contributed by atoms with Crippen molar-refractivity contribution in [3.8, 4) is 0 Å². The van der Waals surface area contributed by atoms with Crippen molar-refractivity contribution in [2.45, 2.75) is 19.4 Å². The van der Waals surface area contributed by atoms with Gasteiger partial charge in [0, 0.05) is 19.6 Å². The van der Waals surface area contributed by atoms with Crippen molar-refractivity contribution in [3.05, 3.63) is 33.8 Å². The smallest absolute Gasteiger partial charge is 0.0595 e. The van der Waals surface area contributed by atoms with Crippen LogP contribution in [0.25, 0.3) is 0 Å². The van der Waals surface area contributed by atoms with Gasteiger partial charge in [-0.15, -0.1) is 0 Å². The van der Waals surface area contributed by atoms with E-state index in [1.807, 2.05) is 18.2 Å². The van der Waals surface area contributed by atoms with E-state index in [1.54, 1.807) is 0 Å². The van der Waals surface area contributed by atoms with Crippen LogP contribution in [-0.4, -0.2) is 43.0 Å². The average molecular weight is 287 g/mol. The van der Waals surface area contributed by atoms with E-state index in [2.05, 4.69) is 16.8 Å². The van der Waals surface area contributed by atoms with Gasteiger partial charge in [-0.3, -0.25) is 0 Å². The van der Waals surface area contributed by atoms with Crippen LogP contribution in [0.4, 0.5) is 0 Å². The summed E-state index contributed by atoms with van der Waals surface area (Å²) in [7, 11) is 2.15. The highest BCUT2D eigenvalue weighted by Crippen LogP contribution is 2.23. The highest BCUT2D eigenvalue weighted by atomic mass is 35.5. The fourth-order valence-electron chi connectivity index (χ4n) is 2.35. The normalized spacial score (nSPS) is 16.7. The number of likely N-dealkylation sites (tertiary alicyclic amines) is 1. The molecule has 18 heavy (non-hydrogen) atoms. The molecule has 0 aliphatic carbocycles. The van der Waals surface area contributed by atoms with Crippen molar-refractivity contribution in [1.29, 1.82) is 0 Å². The summed E-state index contributed by atoms with van der Waals surface area (Å²) in [5.74, 6) is 0. The summed E-state index contributed by atoms with van der Waals surface area (Å²) in [6.07, 6.45) is 2.72. The summed E-state index contributed by atoms with van der Waals surface area (Å²) in [5.41, 5.74) is 1.22. The fourth-order valence-corrected chi connectivity index (χ4v) is 2.67. The Kier molecular flexibility index (Phi) is 5.31. The minimum atomic E-state index is 0.625. The predicted molar refractivity (Wildman–Crippen MR) is 78.5 cm³/mol. The molecule has 0 bridgehead atoms. The van der Waals surface area contributed by atoms with E-state index >= 15 is 0 Å². The zero-order valence-electron chi connectivity index (χ0n) is 10.8. The second-order valence-corrected chi connectivity index (χ2v) is 5.85. The molecule has 0 spiro atoms. The van der Waals surface area contributed by atoms with Gasteiger partial charge in [0.1, 0.15) is 0 Å². The van der Waals surface area contributed by atoms with Gasteiger partial charge in [-0.2, -0.15) is 0 Å². The molecule has 0 saturated carbocycles. The molecule has 0 unspecified atom stereocenters. The Morgan fingerprint density at radius 1 is 1.17 bits per heavy atom. The van der Waals surface area contributed by atoms with Crippen LogP contribution in [0.15, 0.2) is 18.2 Å². The number of benzene rings is 1. The molecule has 0 radical (unpaired) electrons. The van der Waals surface area contributed by atoms with Gasteiger partial charge in [0.15, 0.2) is 0 Å². The number of hydrogen-bond donors (Lipinski definition) is 0. The molecule has 1 aromatic carbocycles. The van der Waals surface area contributed by atoms with Crippen molar-refractivity contribution in [2.24, 2.45) is 0 Å². The van der Waals surface area contributed by atoms with Crippen LogP contribution in [-0.2, 0) is 6.54 Å². The maximum atomic E-state index is 6.02. The summed E-state index contributed by atoms with van der Waals surface area (Å²) in [6, 6.07) is 5.87. The second kappa shape index (κ2) is 6.76. The summed E-state index contributed by atoms with van der Waals surface area (Å²) in [5, 5.41) is 1.27. The molecule has 0 aromatic heterocycles. The van der Waals surface area contributed by atoms with Gasteiger partial charge in [0.2, 0.25) is 0 Å². The fraction of sp³-hybridized carbons (Fsp3) is 0.571. The molecule has 1 saturated heterocycles. The standard InChI is InChI=1S/C14H20Cl2N2/c1-17(8-9-18-6-2-3-7-18)11-12-4-5-13(15)14(16)10-12/h4-5,10H,2-3,6-9,11H2,1H3. The van der Waals surface area contributed by atoms with E-state index in [9.17, 15) is 0 Å². The molecule has 1 aromatic rings. The third-order valence-corrected chi connectivity index (χ3v) is 4.17. The van der Waals surface area contributed by atoms with E-state index < -0.39 is 0 Å². The molecule has 100 valence electrons. The first-order valence-corrected chi connectivity index (χ1v) is 7.25. The van der Waals surface area contributed by atoms with Crippen LogP contribution in [0.3, 0.4) is 0 Å². The topological polar surface area (TPSA) is 6.48 Å². The van der Waals surface area contributed by atoms with Crippen LogP contribution in [0.2, 0.25) is 10.0 Å². The minimum absolute atomic E-state index is 0.625. The Labute approximate surface area is 119 Å². The van der Waals surface area contributed by atoms with Crippen molar-refractivity contribution >= 4 is 23.2 Å². The molecule has 2 rings (SSSR count). The molecule has 0 amide bonds. The van der Waals surface area contributed by atoms with Gasteiger partial charge < -0.3 is 9.80 Å². The molecule has 1 fully saturated rings. The van der Waals surface area contributed by atoms with E-state index in [0.29, 0.717) is 10.0 Å². The Morgan fingerprint density at radius 3 is 2.56 bits per heavy atom. The molecule has 4 heteroatoms. The summed E-state index contributed by atoms with van der Waals surface area (Å²) in [6.45, 7) is 5.71. The number of nitrogens with zero attached hydrogens (tertiary/aromatic N) is 2. The first kappa shape index (κ1) is 14.1. The maximum absolute atomic E-state index is 6.02. The Bertz CT molecular complexity index is 389. The third-order valence-electron chi connectivity index (χ3n) is 3.43. The maximum Gasteiger partial charge on any atom is 0.0595 e. The van der Waals surface area contributed by atoms with Gasteiger partial charge in [0.05, 0.1) is 10.0 Å². The lowest BCUT2D eigenvalue weighted by molar-refractivity contribution is 0.252. The Hall–Kier alpha value is -0.280. The van der Waals surface area contributed by atoms with Crippen molar-refractivity contribution in [1.82, 2.24) is 9.80 Å². The second-order valence-electron chi connectivity index (χ2n) is 5.03. The SMILES string of the molecule is CN(CCN1CCCC1)Cc1ccc(Cl)c(Cl)c1. The summed E-state index contributed by atoms with van der Waals surface area (Å²) in [4.78, 5) is 4.86. The monoisotopic (exact) mass is 286 g/mol. The number of halogens is 2. The molecular weight excluding hydrogens is 267 g/mol. The zero-order chi connectivity index (χ0) is 13.0. The molecule has 1 aliphatic rings. The van der Waals surface area contributed by atoms with Gasteiger partial charge in [-0.25, -0.2) is 0 Å². The van der Waals surface area contributed by atoms with Crippen molar-refractivity contribution in [3.63, 3.8) is 0 Å². The zero-order valence-corrected chi connectivity index (χ0v) is 12.3. The quantitative estimate of drug-likeness (QED) is 0.817. The minimum Gasteiger partial charge on any atom is -0.302 e. The van der Waals surface area contributed by atoms with Gasteiger partial charge >= 0.3 is 0 Å². The summed E-state index contributed by atoms with van der Waals surface area (Å²) >= 11 is 11.9. The van der Waals surface area contributed by atoms with Crippen molar-refractivity contribution < 1.29 is 0 Å². The lowest BCUT2D eigenvalue weighted by Crippen LogP contribution is -2.31. The molecule has 1 aliphatic heterocycles. The predicted octanol–water partition coefficient (Wildman–Crippen LogP) is 3.52. The van der Waals surface area contributed by atoms with Crippen LogP contribution < -0.4 is 0 Å². The average Bonchev–Trinajstić information content (AvgIpc) is 2.84. The van der Waals surface area contributed by atoms with E-state index in [0.717, 1.165) is 19.6 Å². The molecule has 1 heterocycles. The van der Waals surface area contributed by atoms with Crippen LogP contribution >= 0.6 is 23.2 Å². The molecule has 2 nitrogen and oxygen atoms in total. The van der Waals surface area contributed by atoms with E-state index in [1.165, 1.54) is 31.5 Å². The number of rotatable bonds is 5. The lowest BCUT2D eigenvalue weighted by Gasteiger charge is -2.21. The lowest BCUT2D eigenvalue weighted by atomic mass is 10.2. The van der Waals surface area contributed by atoms with Gasteiger partial charge in [-0.1, -0.05) is 29.3 Å². The highest BCUT2D eigenvalue weighted by Gasteiger charge is 2.11. The van der Waals surface area contributed by atoms with Crippen molar-refractivity contribution in [2.75, 3.05) is 33.2 Å². The van der Waals surface area contributed by atoms with E-state index in [4.69, 9.17) is 23.2 Å². The first-order chi connectivity index (χ1) is 8.65. The van der Waals surface area contributed by atoms with Crippen LogP contribution in [0.1, 0.15) is 18.4 Å². The van der Waals surface area contributed by atoms with Gasteiger partial charge in [0.25, 0.3) is 0 Å². The van der Waals surface area contributed by atoms with Crippen LogP contribution in [0.5, 0.6) is 0 Å². The number of hydrogen-bond acceptors (Lipinski definition) is 2.